The number of aliphatic hydroxyl groups is 1. The van der Waals surface area contributed by atoms with E-state index in [4.69, 9.17) is 9.47 Å². The van der Waals surface area contributed by atoms with Crippen molar-refractivity contribution >= 4 is 0 Å². The predicted molar refractivity (Wildman–Crippen MR) is 52.6 cm³/mol. The van der Waals surface area contributed by atoms with Gasteiger partial charge in [-0.25, -0.2) is 4.39 Å². The highest BCUT2D eigenvalue weighted by molar-refractivity contribution is 5.47. The van der Waals surface area contributed by atoms with Gasteiger partial charge in [0, 0.05) is 11.5 Å². The molecule has 1 aromatic carbocycles. The van der Waals surface area contributed by atoms with Gasteiger partial charge in [0.15, 0.2) is 11.5 Å². The molecule has 0 fully saturated rings. The lowest BCUT2D eigenvalue weighted by Crippen LogP contribution is -2.23. The van der Waals surface area contributed by atoms with Gasteiger partial charge in [-0.05, 0) is 11.6 Å². The zero-order valence-corrected chi connectivity index (χ0v) is 8.71. The minimum absolute atomic E-state index is 0.121. The summed E-state index contributed by atoms with van der Waals surface area (Å²) in [5, 5.41) is 9.18. The van der Waals surface area contributed by atoms with Crippen LogP contribution in [0.2, 0.25) is 0 Å². The van der Waals surface area contributed by atoms with E-state index in [2.05, 4.69) is 0 Å². The van der Waals surface area contributed by atoms with Crippen molar-refractivity contribution in [2.24, 2.45) is 0 Å². The Balaban J connectivity index is 2.49. The van der Waals surface area contributed by atoms with Crippen LogP contribution in [0.3, 0.4) is 0 Å². The number of ether oxygens (including phenoxy) is 2. The first-order chi connectivity index (χ1) is 7.04. The van der Waals surface area contributed by atoms with Crippen molar-refractivity contribution in [3.8, 4) is 11.5 Å². The lowest BCUT2D eigenvalue weighted by molar-refractivity contribution is 0.173. The summed E-state index contributed by atoms with van der Waals surface area (Å²) in [5.41, 5.74) is -0.181. The van der Waals surface area contributed by atoms with Gasteiger partial charge in [-0.1, -0.05) is 13.8 Å². The first-order valence-electron chi connectivity index (χ1n) is 4.75. The smallest absolute Gasteiger partial charge is 0.231 e. The summed E-state index contributed by atoms with van der Waals surface area (Å²) >= 11 is 0. The van der Waals surface area contributed by atoms with Gasteiger partial charge in [0.1, 0.15) is 5.82 Å². The van der Waals surface area contributed by atoms with Gasteiger partial charge in [-0.3, -0.25) is 0 Å². The SMILES string of the molecule is CC(C)(CO)c1cc2c(cc1F)OCO2. The number of aliphatic hydroxyl groups excluding tert-OH is 1. The average Bonchev–Trinajstić information content (AvgIpc) is 2.63. The number of hydrogen-bond acceptors (Lipinski definition) is 3. The van der Waals surface area contributed by atoms with E-state index in [0.29, 0.717) is 17.1 Å². The molecule has 4 heteroatoms. The van der Waals surface area contributed by atoms with Crippen LogP contribution in [0.5, 0.6) is 11.5 Å². The molecular weight excluding hydrogens is 199 g/mol. The maximum atomic E-state index is 13.7. The minimum atomic E-state index is -0.620. The third-order valence-corrected chi connectivity index (χ3v) is 2.59. The molecule has 3 nitrogen and oxygen atoms in total. The number of benzene rings is 1. The van der Waals surface area contributed by atoms with Crippen LogP contribution in [-0.4, -0.2) is 18.5 Å². The van der Waals surface area contributed by atoms with Crippen molar-refractivity contribution in [2.75, 3.05) is 13.4 Å². The van der Waals surface area contributed by atoms with E-state index < -0.39 is 5.41 Å². The van der Waals surface area contributed by atoms with Gasteiger partial charge >= 0.3 is 0 Å². The standard InChI is InChI=1S/C11H13FO3/c1-11(2,5-13)7-3-9-10(4-8(7)12)15-6-14-9/h3-4,13H,5-6H2,1-2H3. The molecule has 82 valence electrons. The molecule has 0 bridgehead atoms. The lowest BCUT2D eigenvalue weighted by Gasteiger charge is -2.22. The molecule has 0 aromatic heterocycles. The van der Waals surface area contributed by atoms with E-state index in [0.717, 1.165) is 0 Å². The van der Waals surface area contributed by atoms with Gasteiger partial charge in [0.05, 0.1) is 6.61 Å². The summed E-state index contributed by atoms with van der Waals surface area (Å²) < 4.78 is 23.9. The van der Waals surface area contributed by atoms with Crippen LogP contribution in [-0.2, 0) is 5.41 Å². The second-order valence-electron chi connectivity index (χ2n) is 4.23. The first-order valence-corrected chi connectivity index (χ1v) is 4.75. The predicted octanol–water partition coefficient (Wildman–Crippen LogP) is 1.82. The molecule has 0 saturated carbocycles. The second-order valence-corrected chi connectivity index (χ2v) is 4.23. The quantitative estimate of drug-likeness (QED) is 0.812. The fraction of sp³-hybridized carbons (Fsp3) is 0.455. The maximum absolute atomic E-state index is 13.7. The fourth-order valence-corrected chi connectivity index (χ4v) is 1.52. The molecule has 1 aliphatic rings. The Labute approximate surface area is 87.4 Å². The molecule has 0 amide bonds. The zero-order valence-electron chi connectivity index (χ0n) is 8.71. The van der Waals surface area contributed by atoms with Crippen molar-refractivity contribution in [3.05, 3.63) is 23.5 Å². The van der Waals surface area contributed by atoms with E-state index in [1.807, 2.05) is 0 Å². The van der Waals surface area contributed by atoms with Crippen LogP contribution in [0, 0.1) is 5.82 Å². The number of fused-ring (bicyclic) bond motifs is 1. The zero-order chi connectivity index (χ0) is 11.1. The molecular formula is C11H13FO3. The van der Waals surface area contributed by atoms with E-state index in [1.54, 1.807) is 19.9 Å². The number of hydrogen-bond donors (Lipinski definition) is 1. The monoisotopic (exact) mass is 212 g/mol. The molecule has 1 aromatic rings. The van der Waals surface area contributed by atoms with Gasteiger partial charge in [0.25, 0.3) is 0 Å². The topological polar surface area (TPSA) is 38.7 Å². The van der Waals surface area contributed by atoms with Crippen LogP contribution in [0.4, 0.5) is 4.39 Å². The Morgan fingerprint density at radius 1 is 1.33 bits per heavy atom. The summed E-state index contributed by atoms with van der Waals surface area (Å²) in [6, 6.07) is 2.89. The van der Waals surface area contributed by atoms with E-state index in [-0.39, 0.29) is 19.2 Å². The molecule has 0 aliphatic carbocycles. The second kappa shape index (κ2) is 3.38. The summed E-state index contributed by atoms with van der Waals surface area (Å²) in [4.78, 5) is 0. The Hall–Kier alpha value is -1.29. The Morgan fingerprint density at radius 2 is 1.93 bits per heavy atom. The van der Waals surface area contributed by atoms with Crippen LogP contribution in [0.15, 0.2) is 12.1 Å². The van der Waals surface area contributed by atoms with E-state index in [1.165, 1.54) is 6.07 Å². The highest BCUT2D eigenvalue weighted by Crippen LogP contribution is 2.38. The summed E-state index contributed by atoms with van der Waals surface area (Å²) in [5.74, 6) is 0.580. The Morgan fingerprint density at radius 3 is 2.53 bits per heavy atom. The third-order valence-electron chi connectivity index (χ3n) is 2.59. The lowest BCUT2D eigenvalue weighted by atomic mass is 9.85. The highest BCUT2D eigenvalue weighted by atomic mass is 19.1. The van der Waals surface area contributed by atoms with Gasteiger partial charge in [0.2, 0.25) is 6.79 Å². The molecule has 15 heavy (non-hydrogen) atoms. The van der Waals surface area contributed by atoms with Crippen molar-refractivity contribution in [2.45, 2.75) is 19.3 Å². The van der Waals surface area contributed by atoms with Crippen LogP contribution in [0.1, 0.15) is 19.4 Å². The molecule has 1 N–H and O–H groups in total. The molecule has 0 saturated heterocycles. The van der Waals surface area contributed by atoms with Gasteiger partial charge in [-0.15, -0.1) is 0 Å². The van der Waals surface area contributed by atoms with E-state index in [9.17, 15) is 9.50 Å². The largest absolute Gasteiger partial charge is 0.454 e. The highest BCUT2D eigenvalue weighted by Gasteiger charge is 2.27. The molecule has 0 atom stereocenters. The van der Waals surface area contributed by atoms with Crippen LogP contribution < -0.4 is 9.47 Å². The first kappa shape index (κ1) is 10.2. The Kier molecular flexibility index (Phi) is 2.31. The van der Waals surface area contributed by atoms with Crippen molar-refractivity contribution < 1.29 is 19.0 Å². The normalized spacial score (nSPS) is 14.4. The summed E-state index contributed by atoms with van der Waals surface area (Å²) in [6.07, 6.45) is 0. The molecule has 1 heterocycles. The molecule has 0 radical (unpaired) electrons. The van der Waals surface area contributed by atoms with Crippen molar-refractivity contribution in [1.82, 2.24) is 0 Å². The van der Waals surface area contributed by atoms with E-state index >= 15 is 0 Å². The van der Waals surface area contributed by atoms with Gasteiger partial charge in [-0.2, -0.15) is 0 Å². The molecule has 1 aliphatic heterocycles. The average molecular weight is 212 g/mol. The fourth-order valence-electron chi connectivity index (χ4n) is 1.52. The van der Waals surface area contributed by atoms with Crippen LogP contribution in [0.25, 0.3) is 0 Å². The summed E-state index contributed by atoms with van der Waals surface area (Å²) in [6.45, 7) is 3.54. The Bertz CT molecular complexity index is 388. The van der Waals surface area contributed by atoms with Crippen molar-refractivity contribution in [3.63, 3.8) is 0 Å². The van der Waals surface area contributed by atoms with Gasteiger partial charge < -0.3 is 14.6 Å². The molecule has 0 unspecified atom stereocenters. The van der Waals surface area contributed by atoms with Crippen LogP contribution >= 0.6 is 0 Å². The number of halogens is 1. The minimum Gasteiger partial charge on any atom is -0.454 e. The molecule has 0 spiro atoms. The summed E-state index contributed by atoms with van der Waals surface area (Å²) in [7, 11) is 0. The third kappa shape index (κ3) is 1.65. The number of rotatable bonds is 2. The van der Waals surface area contributed by atoms with Crippen molar-refractivity contribution in [1.29, 1.82) is 0 Å². The molecule has 2 rings (SSSR count). The maximum Gasteiger partial charge on any atom is 0.231 e.